The number of para-hydroxylation sites is 1. The van der Waals surface area contributed by atoms with E-state index in [-0.39, 0.29) is 5.91 Å². The fourth-order valence-corrected chi connectivity index (χ4v) is 2.45. The van der Waals surface area contributed by atoms with Gasteiger partial charge in [-0.15, -0.1) is 0 Å². The first kappa shape index (κ1) is 12.7. The average Bonchev–Trinajstić information content (AvgIpc) is 2.53. The molecular formula is C16H16N2O2. The summed E-state index contributed by atoms with van der Waals surface area (Å²) in [6, 6.07) is 11.5. The number of rotatable bonds is 3. The largest absolute Gasteiger partial charge is 0.493 e. The van der Waals surface area contributed by atoms with Crippen LogP contribution in [0.3, 0.4) is 0 Å². The van der Waals surface area contributed by atoms with Gasteiger partial charge in [0.25, 0.3) is 5.91 Å². The van der Waals surface area contributed by atoms with Crippen LogP contribution < -0.4 is 10.1 Å². The molecule has 0 fully saturated rings. The predicted molar refractivity (Wildman–Crippen MR) is 75.9 cm³/mol. The van der Waals surface area contributed by atoms with E-state index in [0.29, 0.717) is 24.6 Å². The summed E-state index contributed by atoms with van der Waals surface area (Å²) in [6.45, 7) is 1.33. The number of nitrogens with one attached hydrogen (secondary N) is 1. The highest BCUT2D eigenvalue weighted by atomic mass is 16.5. The second-order valence-electron chi connectivity index (χ2n) is 4.82. The van der Waals surface area contributed by atoms with Gasteiger partial charge in [-0.2, -0.15) is 0 Å². The Morgan fingerprint density at radius 2 is 2.05 bits per heavy atom. The minimum absolute atomic E-state index is 0.0589. The maximum Gasteiger partial charge on any atom is 0.251 e. The lowest BCUT2D eigenvalue weighted by Crippen LogP contribution is -2.30. The highest BCUT2D eigenvalue weighted by molar-refractivity contribution is 5.94. The van der Waals surface area contributed by atoms with Crippen molar-refractivity contribution in [2.75, 3.05) is 13.2 Å². The zero-order chi connectivity index (χ0) is 13.8. The summed E-state index contributed by atoms with van der Waals surface area (Å²) in [7, 11) is 0. The second kappa shape index (κ2) is 5.74. The Bertz CT molecular complexity index is 598. The molecule has 20 heavy (non-hydrogen) atoms. The number of aromatic nitrogens is 1. The van der Waals surface area contributed by atoms with Gasteiger partial charge < -0.3 is 10.1 Å². The normalized spacial score (nSPS) is 16.9. The number of fused-ring (bicyclic) bond motifs is 1. The fraction of sp³-hybridized carbons (Fsp3) is 0.250. The van der Waals surface area contributed by atoms with Gasteiger partial charge in [0.15, 0.2) is 0 Å². The van der Waals surface area contributed by atoms with E-state index < -0.39 is 0 Å². The smallest absolute Gasteiger partial charge is 0.251 e. The molecule has 4 nitrogen and oxygen atoms in total. The Labute approximate surface area is 117 Å². The molecule has 0 saturated carbocycles. The summed E-state index contributed by atoms with van der Waals surface area (Å²) < 4.78 is 5.62. The van der Waals surface area contributed by atoms with Gasteiger partial charge >= 0.3 is 0 Å². The van der Waals surface area contributed by atoms with Gasteiger partial charge in [-0.3, -0.25) is 9.78 Å². The van der Waals surface area contributed by atoms with Crippen molar-refractivity contribution in [2.24, 2.45) is 0 Å². The van der Waals surface area contributed by atoms with Crippen LogP contribution in [0, 0.1) is 0 Å². The quantitative estimate of drug-likeness (QED) is 0.929. The Morgan fingerprint density at radius 1 is 1.25 bits per heavy atom. The number of carbonyl (C=O) groups excluding carboxylic acids is 1. The molecule has 1 aliphatic rings. The first-order valence-corrected chi connectivity index (χ1v) is 6.74. The Hall–Kier alpha value is -2.36. The van der Waals surface area contributed by atoms with Crippen LogP contribution in [0.4, 0.5) is 0 Å². The van der Waals surface area contributed by atoms with Crippen LogP contribution in [-0.4, -0.2) is 24.0 Å². The van der Waals surface area contributed by atoms with Crippen LogP contribution in [0.2, 0.25) is 0 Å². The summed E-state index contributed by atoms with van der Waals surface area (Å²) >= 11 is 0. The molecule has 1 amide bonds. The van der Waals surface area contributed by atoms with Crippen LogP contribution >= 0.6 is 0 Å². The van der Waals surface area contributed by atoms with Crippen molar-refractivity contribution in [1.29, 1.82) is 0 Å². The Kier molecular flexibility index (Phi) is 3.63. The van der Waals surface area contributed by atoms with Gasteiger partial charge in [0, 0.05) is 30.4 Å². The van der Waals surface area contributed by atoms with E-state index in [9.17, 15) is 4.79 Å². The van der Waals surface area contributed by atoms with E-state index in [1.807, 2.05) is 18.2 Å². The van der Waals surface area contributed by atoms with Crippen molar-refractivity contribution in [3.8, 4) is 5.75 Å². The van der Waals surface area contributed by atoms with Gasteiger partial charge in [-0.25, -0.2) is 0 Å². The van der Waals surface area contributed by atoms with Crippen LogP contribution in [0.25, 0.3) is 0 Å². The SMILES string of the molecule is O=C(NCC1CCOc2ccccc21)c1ccncc1. The second-order valence-corrected chi connectivity index (χ2v) is 4.82. The van der Waals surface area contributed by atoms with Gasteiger partial charge in [0.2, 0.25) is 0 Å². The number of nitrogens with zero attached hydrogens (tertiary/aromatic N) is 1. The van der Waals surface area contributed by atoms with Crippen LogP contribution in [0.1, 0.15) is 28.3 Å². The highest BCUT2D eigenvalue weighted by Gasteiger charge is 2.21. The summed E-state index contributed by atoms with van der Waals surface area (Å²) in [4.78, 5) is 15.9. The van der Waals surface area contributed by atoms with Crippen molar-refractivity contribution in [3.63, 3.8) is 0 Å². The summed E-state index contributed by atoms with van der Waals surface area (Å²) in [5, 5.41) is 2.99. The lowest BCUT2D eigenvalue weighted by Gasteiger charge is -2.26. The van der Waals surface area contributed by atoms with Gasteiger partial charge in [-0.05, 0) is 30.2 Å². The van der Waals surface area contributed by atoms with E-state index in [1.54, 1.807) is 24.5 Å². The zero-order valence-corrected chi connectivity index (χ0v) is 11.1. The van der Waals surface area contributed by atoms with Crippen molar-refractivity contribution in [2.45, 2.75) is 12.3 Å². The number of benzene rings is 1. The number of hydrogen-bond donors (Lipinski definition) is 1. The molecule has 2 aromatic rings. The molecule has 102 valence electrons. The average molecular weight is 268 g/mol. The number of hydrogen-bond acceptors (Lipinski definition) is 3. The molecule has 0 bridgehead atoms. The van der Waals surface area contributed by atoms with Gasteiger partial charge in [0.05, 0.1) is 6.61 Å². The third-order valence-electron chi connectivity index (χ3n) is 3.53. The van der Waals surface area contributed by atoms with Crippen LogP contribution in [-0.2, 0) is 0 Å². The molecule has 3 rings (SSSR count). The molecule has 1 N–H and O–H groups in total. The fourth-order valence-electron chi connectivity index (χ4n) is 2.45. The molecule has 1 atom stereocenters. The Balaban J connectivity index is 1.67. The lowest BCUT2D eigenvalue weighted by atomic mass is 9.93. The van der Waals surface area contributed by atoms with Crippen molar-refractivity contribution in [1.82, 2.24) is 10.3 Å². The Morgan fingerprint density at radius 3 is 2.90 bits per heavy atom. The third kappa shape index (κ3) is 2.64. The number of ether oxygens (including phenoxy) is 1. The van der Waals surface area contributed by atoms with E-state index >= 15 is 0 Å². The first-order chi connectivity index (χ1) is 9.84. The van der Waals surface area contributed by atoms with Gasteiger partial charge in [0.1, 0.15) is 5.75 Å². The molecule has 0 saturated heterocycles. The zero-order valence-electron chi connectivity index (χ0n) is 11.1. The summed E-state index contributed by atoms with van der Waals surface area (Å²) in [6.07, 6.45) is 4.17. The molecule has 2 heterocycles. The van der Waals surface area contributed by atoms with E-state index in [2.05, 4.69) is 16.4 Å². The summed E-state index contributed by atoms with van der Waals surface area (Å²) in [5.41, 5.74) is 1.81. The molecule has 1 aromatic heterocycles. The molecule has 0 aliphatic carbocycles. The molecule has 1 aliphatic heterocycles. The van der Waals surface area contributed by atoms with Crippen LogP contribution in [0.15, 0.2) is 48.8 Å². The van der Waals surface area contributed by atoms with Gasteiger partial charge in [-0.1, -0.05) is 18.2 Å². The standard InChI is InChI=1S/C16H16N2O2/c19-16(12-5-8-17-9-6-12)18-11-13-7-10-20-15-4-2-1-3-14(13)15/h1-6,8-9,13H,7,10-11H2,(H,18,19). The topological polar surface area (TPSA) is 51.2 Å². The maximum absolute atomic E-state index is 12.0. The third-order valence-corrected chi connectivity index (χ3v) is 3.53. The van der Waals surface area contributed by atoms with E-state index in [4.69, 9.17) is 4.74 Å². The van der Waals surface area contributed by atoms with Crippen LogP contribution in [0.5, 0.6) is 5.75 Å². The molecule has 1 aromatic carbocycles. The molecule has 1 unspecified atom stereocenters. The molecule has 0 radical (unpaired) electrons. The molecular weight excluding hydrogens is 252 g/mol. The number of amides is 1. The minimum atomic E-state index is -0.0589. The minimum Gasteiger partial charge on any atom is -0.493 e. The van der Waals surface area contributed by atoms with E-state index in [0.717, 1.165) is 12.2 Å². The maximum atomic E-state index is 12.0. The number of carbonyl (C=O) groups is 1. The number of pyridine rings is 1. The summed E-state index contributed by atoms with van der Waals surface area (Å²) in [5.74, 6) is 1.18. The molecule has 4 heteroatoms. The van der Waals surface area contributed by atoms with E-state index in [1.165, 1.54) is 5.56 Å². The predicted octanol–water partition coefficient (Wildman–Crippen LogP) is 2.38. The first-order valence-electron chi connectivity index (χ1n) is 6.74. The van der Waals surface area contributed by atoms with Crippen molar-refractivity contribution < 1.29 is 9.53 Å². The molecule has 0 spiro atoms. The van der Waals surface area contributed by atoms with Crippen molar-refractivity contribution >= 4 is 5.91 Å². The van der Waals surface area contributed by atoms with Crippen molar-refractivity contribution in [3.05, 3.63) is 59.9 Å². The highest BCUT2D eigenvalue weighted by Crippen LogP contribution is 2.32. The lowest BCUT2D eigenvalue weighted by molar-refractivity contribution is 0.0948. The monoisotopic (exact) mass is 268 g/mol.